The fraction of sp³-hybridized carbons (Fsp3) is 0.889. The first-order chi connectivity index (χ1) is 4.54. The van der Waals surface area contributed by atoms with Crippen molar-refractivity contribution in [2.45, 2.75) is 40.5 Å². The molecule has 0 aromatic heterocycles. The second-order valence-corrected chi connectivity index (χ2v) is 3.46. The normalized spacial score (nSPS) is 13.7. The molecule has 0 fully saturated rings. The maximum absolute atomic E-state index is 10.6. The SMILES string of the molecule is CC(=O)CCC(C)C(C)C. The molecule has 0 amide bonds. The predicted octanol–water partition coefficient (Wildman–Crippen LogP) is 2.65. The molecular formula is C9H18O. The zero-order valence-electron chi connectivity index (χ0n) is 7.48. The van der Waals surface area contributed by atoms with Gasteiger partial charge in [0.1, 0.15) is 5.78 Å². The Labute approximate surface area is 63.8 Å². The molecule has 10 heavy (non-hydrogen) atoms. The average Bonchev–Trinajstić information content (AvgIpc) is 1.82. The molecule has 0 N–H and O–H groups in total. The first kappa shape index (κ1) is 9.67. The van der Waals surface area contributed by atoms with E-state index in [-0.39, 0.29) is 0 Å². The lowest BCUT2D eigenvalue weighted by molar-refractivity contribution is -0.117. The molecule has 0 aliphatic carbocycles. The minimum absolute atomic E-state index is 0.313. The van der Waals surface area contributed by atoms with Gasteiger partial charge in [0.15, 0.2) is 0 Å². The number of carbonyl (C=O) groups excluding carboxylic acids is 1. The quantitative estimate of drug-likeness (QED) is 0.589. The van der Waals surface area contributed by atoms with E-state index in [9.17, 15) is 4.79 Å². The molecule has 0 spiro atoms. The summed E-state index contributed by atoms with van der Waals surface area (Å²) in [6.45, 7) is 8.26. The maximum atomic E-state index is 10.6. The summed E-state index contributed by atoms with van der Waals surface area (Å²) in [6, 6.07) is 0. The number of rotatable bonds is 4. The highest BCUT2D eigenvalue weighted by Crippen LogP contribution is 2.15. The Morgan fingerprint density at radius 1 is 1.30 bits per heavy atom. The van der Waals surface area contributed by atoms with Gasteiger partial charge in [-0.3, -0.25) is 0 Å². The summed E-state index contributed by atoms with van der Waals surface area (Å²) in [5.41, 5.74) is 0. The zero-order chi connectivity index (χ0) is 8.15. The summed E-state index contributed by atoms with van der Waals surface area (Å²) in [4.78, 5) is 10.6. The molecule has 1 unspecified atom stereocenters. The molecule has 1 atom stereocenters. The zero-order valence-corrected chi connectivity index (χ0v) is 7.48. The van der Waals surface area contributed by atoms with E-state index in [0.29, 0.717) is 17.6 Å². The van der Waals surface area contributed by atoms with Gasteiger partial charge in [0.25, 0.3) is 0 Å². The van der Waals surface area contributed by atoms with Gasteiger partial charge in [0.2, 0.25) is 0 Å². The van der Waals surface area contributed by atoms with Crippen molar-refractivity contribution in [3.05, 3.63) is 0 Å². The topological polar surface area (TPSA) is 17.1 Å². The Balaban J connectivity index is 3.39. The van der Waals surface area contributed by atoms with Crippen molar-refractivity contribution in [1.82, 2.24) is 0 Å². The Hall–Kier alpha value is -0.330. The smallest absolute Gasteiger partial charge is 0.129 e. The van der Waals surface area contributed by atoms with Crippen molar-refractivity contribution < 1.29 is 4.79 Å². The minimum Gasteiger partial charge on any atom is -0.300 e. The fourth-order valence-electron chi connectivity index (χ4n) is 0.764. The summed E-state index contributed by atoms with van der Waals surface area (Å²) >= 11 is 0. The highest BCUT2D eigenvalue weighted by atomic mass is 16.1. The number of ketones is 1. The van der Waals surface area contributed by atoms with Gasteiger partial charge in [0, 0.05) is 6.42 Å². The van der Waals surface area contributed by atoms with Crippen LogP contribution >= 0.6 is 0 Å². The molecule has 0 aromatic carbocycles. The van der Waals surface area contributed by atoms with E-state index in [1.807, 2.05) is 0 Å². The lowest BCUT2D eigenvalue weighted by Crippen LogP contribution is -2.05. The number of hydrogen-bond acceptors (Lipinski definition) is 1. The van der Waals surface area contributed by atoms with Crippen molar-refractivity contribution >= 4 is 5.78 Å². The summed E-state index contributed by atoms with van der Waals surface area (Å²) in [5, 5.41) is 0. The highest BCUT2D eigenvalue weighted by Gasteiger charge is 2.06. The van der Waals surface area contributed by atoms with E-state index < -0.39 is 0 Å². The lowest BCUT2D eigenvalue weighted by atomic mass is 9.93. The van der Waals surface area contributed by atoms with Crippen LogP contribution in [-0.2, 0) is 4.79 Å². The van der Waals surface area contributed by atoms with Crippen LogP contribution in [0.4, 0.5) is 0 Å². The van der Waals surface area contributed by atoms with Gasteiger partial charge in [-0.15, -0.1) is 0 Å². The maximum Gasteiger partial charge on any atom is 0.129 e. The Morgan fingerprint density at radius 2 is 1.80 bits per heavy atom. The third-order valence-corrected chi connectivity index (χ3v) is 2.09. The van der Waals surface area contributed by atoms with Crippen molar-refractivity contribution in [3.63, 3.8) is 0 Å². The van der Waals surface area contributed by atoms with Gasteiger partial charge in [-0.25, -0.2) is 0 Å². The molecule has 0 bridgehead atoms. The van der Waals surface area contributed by atoms with Gasteiger partial charge < -0.3 is 4.79 Å². The molecule has 0 heterocycles. The predicted molar refractivity (Wildman–Crippen MR) is 43.9 cm³/mol. The monoisotopic (exact) mass is 142 g/mol. The first-order valence-corrected chi connectivity index (χ1v) is 4.03. The lowest BCUT2D eigenvalue weighted by Gasteiger charge is -2.13. The summed E-state index contributed by atoms with van der Waals surface area (Å²) in [7, 11) is 0. The molecule has 0 rings (SSSR count). The van der Waals surface area contributed by atoms with E-state index in [2.05, 4.69) is 20.8 Å². The van der Waals surface area contributed by atoms with Crippen molar-refractivity contribution in [1.29, 1.82) is 0 Å². The van der Waals surface area contributed by atoms with Gasteiger partial charge >= 0.3 is 0 Å². The van der Waals surface area contributed by atoms with E-state index in [4.69, 9.17) is 0 Å². The minimum atomic E-state index is 0.313. The molecule has 0 aromatic rings. The largest absolute Gasteiger partial charge is 0.300 e. The molecule has 0 saturated carbocycles. The molecule has 0 radical (unpaired) electrons. The molecule has 60 valence electrons. The van der Waals surface area contributed by atoms with Crippen LogP contribution in [0.5, 0.6) is 0 Å². The van der Waals surface area contributed by atoms with E-state index in [1.165, 1.54) is 0 Å². The average molecular weight is 142 g/mol. The summed E-state index contributed by atoms with van der Waals surface area (Å²) < 4.78 is 0. The molecular weight excluding hydrogens is 124 g/mol. The van der Waals surface area contributed by atoms with Crippen LogP contribution in [0.2, 0.25) is 0 Å². The van der Waals surface area contributed by atoms with Crippen LogP contribution in [0.1, 0.15) is 40.5 Å². The molecule has 0 saturated heterocycles. The molecule has 0 aliphatic heterocycles. The fourth-order valence-corrected chi connectivity index (χ4v) is 0.764. The van der Waals surface area contributed by atoms with Crippen LogP contribution in [0.3, 0.4) is 0 Å². The van der Waals surface area contributed by atoms with Gasteiger partial charge in [-0.05, 0) is 25.2 Å². The Bertz CT molecular complexity index is 105. The van der Waals surface area contributed by atoms with E-state index >= 15 is 0 Å². The van der Waals surface area contributed by atoms with Gasteiger partial charge in [0.05, 0.1) is 0 Å². The number of hydrogen-bond donors (Lipinski definition) is 0. The molecule has 1 heteroatoms. The Kier molecular flexibility index (Phi) is 4.33. The third-order valence-electron chi connectivity index (χ3n) is 2.09. The van der Waals surface area contributed by atoms with Crippen LogP contribution < -0.4 is 0 Å². The van der Waals surface area contributed by atoms with E-state index in [0.717, 1.165) is 12.8 Å². The summed E-state index contributed by atoms with van der Waals surface area (Å²) in [6.07, 6.45) is 1.80. The second-order valence-electron chi connectivity index (χ2n) is 3.46. The highest BCUT2D eigenvalue weighted by molar-refractivity contribution is 5.75. The van der Waals surface area contributed by atoms with Crippen LogP contribution in [0, 0.1) is 11.8 Å². The second kappa shape index (κ2) is 4.48. The first-order valence-electron chi connectivity index (χ1n) is 4.03. The van der Waals surface area contributed by atoms with Crippen molar-refractivity contribution in [3.8, 4) is 0 Å². The van der Waals surface area contributed by atoms with Crippen LogP contribution in [0.15, 0.2) is 0 Å². The molecule has 0 aliphatic rings. The third kappa shape index (κ3) is 4.54. The van der Waals surface area contributed by atoms with E-state index in [1.54, 1.807) is 6.92 Å². The van der Waals surface area contributed by atoms with Gasteiger partial charge in [-0.2, -0.15) is 0 Å². The van der Waals surface area contributed by atoms with Gasteiger partial charge in [-0.1, -0.05) is 20.8 Å². The van der Waals surface area contributed by atoms with Crippen molar-refractivity contribution in [2.75, 3.05) is 0 Å². The number of carbonyl (C=O) groups is 1. The van der Waals surface area contributed by atoms with Crippen LogP contribution in [-0.4, -0.2) is 5.78 Å². The Morgan fingerprint density at radius 3 is 2.10 bits per heavy atom. The number of Topliss-reactive ketones (excluding diaryl/α,β-unsaturated/α-hetero) is 1. The summed E-state index contributed by atoms with van der Waals surface area (Å²) in [5.74, 6) is 1.70. The standard InChI is InChI=1S/C9H18O/c1-7(2)8(3)5-6-9(4)10/h7-8H,5-6H2,1-4H3. The van der Waals surface area contributed by atoms with Crippen LogP contribution in [0.25, 0.3) is 0 Å². The van der Waals surface area contributed by atoms with Crippen molar-refractivity contribution in [2.24, 2.45) is 11.8 Å². The molecule has 1 nitrogen and oxygen atoms in total.